The molecular formula is C10H16O3. The standard InChI is InChI=1S/C10H16O3/c1-2-3-9-8-12-10(13-9)4-6-11-7-5-10/h1,9H,2-8H2. The van der Waals surface area contributed by atoms with Crippen molar-refractivity contribution in [2.75, 3.05) is 19.8 Å². The molecule has 0 amide bonds. The van der Waals surface area contributed by atoms with Crippen LogP contribution in [0, 0.1) is 6.92 Å². The predicted molar refractivity (Wildman–Crippen MR) is 47.1 cm³/mol. The summed E-state index contributed by atoms with van der Waals surface area (Å²) in [6, 6.07) is 0. The van der Waals surface area contributed by atoms with Crippen LogP contribution in [0.5, 0.6) is 0 Å². The fraction of sp³-hybridized carbons (Fsp3) is 0.900. The molecule has 0 aromatic carbocycles. The molecule has 1 atom stereocenters. The summed E-state index contributed by atoms with van der Waals surface area (Å²) in [6.45, 7) is 7.65. The van der Waals surface area contributed by atoms with Crippen molar-refractivity contribution in [3.8, 4) is 0 Å². The van der Waals surface area contributed by atoms with Crippen molar-refractivity contribution >= 4 is 0 Å². The highest BCUT2D eigenvalue weighted by Gasteiger charge is 2.42. The average molecular weight is 184 g/mol. The molecule has 2 fully saturated rings. The number of rotatable bonds is 2. The Bertz CT molecular complexity index is 164. The van der Waals surface area contributed by atoms with Gasteiger partial charge in [0.2, 0.25) is 0 Å². The lowest BCUT2D eigenvalue weighted by molar-refractivity contribution is -0.211. The second kappa shape index (κ2) is 3.95. The summed E-state index contributed by atoms with van der Waals surface area (Å²) in [7, 11) is 0. The third-order valence-corrected chi connectivity index (χ3v) is 2.66. The fourth-order valence-electron chi connectivity index (χ4n) is 1.89. The van der Waals surface area contributed by atoms with Crippen LogP contribution >= 0.6 is 0 Å². The van der Waals surface area contributed by atoms with Gasteiger partial charge in [-0.15, -0.1) is 0 Å². The highest BCUT2D eigenvalue weighted by Crippen LogP contribution is 2.34. The van der Waals surface area contributed by atoms with E-state index in [1.807, 2.05) is 0 Å². The van der Waals surface area contributed by atoms with Crippen molar-refractivity contribution in [3.05, 3.63) is 6.92 Å². The van der Waals surface area contributed by atoms with Crippen molar-refractivity contribution < 1.29 is 14.2 Å². The smallest absolute Gasteiger partial charge is 0.173 e. The quantitative estimate of drug-likeness (QED) is 0.649. The molecule has 0 saturated carbocycles. The van der Waals surface area contributed by atoms with Gasteiger partial charge in [-0.1, -0.05) is 0 Å². The topological polar surface area (TPSA) is 27.7 Å². The Morgan fingerprint density at radius 3 is 2.77 bits per heavy atom. The Morgan fingerprint density at radius 1 is 1.31 bits per heavy atom. The van der Waals surface area contributed by atoms with Crippen LogP contribution in [0.2, 0.25) is 0 Å². The van der Waals surface area contributed by atoms with Gasteiger partial charge in [-0.2, -0.15) is 0 Å². The number of ether oxygens (including phenoxy) is 3. The Labute approximate surface area is 79.4 Å². The van der Waals surface area contributed by atoms with Gasteiger partial charge in [0.05, 0.1) is 25.9 Å². The first kappa shape index (κ1) is 9.44. The Kier molecular flexibility index (Phi) is 2.86. The van der Waals surface area contributed by atoms with Crippen LogP contribution in [0.3, 0.4) is 0 Å². The molecule has 2 rings (SSSR count). The van der Waals surface area contributed by atoms with Gasteiger partial charge in [0.15, 0.2) is 5.79 Å². The van der Waals surface area contributed by atoms with Gasteiger partial charge in [-0.05, 0) is 19.8 Å². The molecule has 0 N–H and O–H groups in total. The van der Waals surface area contributed by atoms with E-state index in [0.717, 1.165) is 32.5 Å². The molecule has 0 bridgehead atoms. The zero-order valence-electron chi connectivity index (χ0n) is 7.83. The molecule has 2 aliphatic heterocycles. The molecule has 1 spiro atoms. The molecule has 0 aromatic heterocycles. The molecule has 3 heteroatoms. The van der Waals surface area contributed by atoms with Gasteiger partial charge in [0, 0.05) is 12.8 Å². The van der Waals surface area contributed by atoms with Crippen molar-refractivity contribution in [3.63, 3.8) is 0 Å². The van der Waals surface area contributed by atoms with Crippen LogP contribution in [0.1, 0.15) is 25.7 Å². The zero-order chi connectivity index (χ0) is 9.15. The van der Waals surface area contributed by atoms with Crippen molar-refractivity contribution in [2.45, 2.75) is 37.6 Å². The van der Waals surface area contributed by atoms with Crippen molar-refractivity contribution in [1.82, 2.24) is 0 Å². The van der Waals surface area contributed by atoms with E-state index in [2.05, 4.69) is 0 Å². The predicted octanol–water partition coefficient (Wildman–Crippen LogP) is 1.40. The molecule has 2 saturated heterocycles. The Balaban J connectivity index is 1.87. The first-order valence-corrected chi connectivity index (χ1v) is 4.94. The molecule has 3 nitrogen and oxygen atoms in total. The summed E-state index contributed by atoms with van der Waals surface area (Å²) in [4.78, 5) is 0. The third kappa shape index (κ3) is 2.03. The first-order valence-electron chi connectivity index (χ1n) is 4.94. The maximum atomic E-state index is 5.85. The highest BCUT2D eigenvalue weighted by atomic mass is 16.7. The molecule has 1 unspecified atom stereocenters. The molecule has 0 aromatic rings. The van der Waals surface area contributed by atoms with Gasteiger partial charge in [-0.25, -0.2) is 0 Å². The molecule has 2 radical (unpaired) electrons. The molecule has 0 aliphatic carbocycles. The van der Waals surface area contributed by atoms with Crippen LogP contribution in [-0.2, 0) is 14.2 Å². The molecule has 2 heterocycles. The van der Waals surface area contributed by atoms with Gasteiger partial charge >= 0.3 is 0 Å². The average Bonchev–Trinajstić information content (AvgIpc) is 2.51. The van der Waals surface area contributed by atoms with E-state index in [9.17, 15) is 0 Å². The summed E-state index contributed by atoms with van der Waals surface area (Å²) >= 11 is 0. The Hall–Kier alpha value is -0.120. The van der Waals surface area contributed by atoms with Gasteiger partial charge in [0.25, 0.3) is 0 Å². The SMILES string of the molecule is [CH]CCC1COC2(CCOCC2)O1. The molecule has 2 aliphatic rings. The van der Waals surface area contributed by atoms with E-state index in [1.165, 1.54) is 0 Å². The van der Waals surface area contributed by atoms with Crippen LogP contribution in [0.25, 0.3) is 0 Å². The zero-order valence-corrected chi connectivity index (χ0v) is 7.83. The van der Waals surface area contributed by atoms with Crippen LogP contribution in [-0.4, -0.2) is 31.7 Å². The van der Waals surface area contributed by atoms with Gasteiger partial charge in [0.1, 0.15) is 0 Å². The van der Waals surface area contributed by atoms with Crippen LogP contribution < -0.4 is 0 Å². The minimum Gasteiger partial charge on any atom is -0.381 e. The summed E-state index contributed by atoms with van der Waals surface area (Å²) in [5, 5.41) is 0. The first-order chi connectivity index (χ1) is 6.35. The lowest BCUT2D eigenvalue weighted by atomic mass is 10.1. The third-order valence-electron chi connectivity index (χ3n) is 2.66. The summed E-state index contributed by atoms with van der Waals surface area (Å²) in [6.07, 6.45) is 3.47. The molecule has 13 heavy (non-hydrogen) atoms. The van der Waals surface area contributed by atoms with Crippen molar-refractivity contribution in [2.24, 2.45) is 0 Å². The second-order valence-corrected chi connectivity index (χ2v) is 3.65. The Morgan fingerprint density at radius 2 is 2.08 bits per heavy atom. The normalized spacial score (nSPS) is 32.5. The van der Waals surface area contributed by atoms with Crippen molar-refractivity contribution in [1.29, 1.82) is 0 Å². The van der Waals surface area contributed by atoms with E-state index in [1.54, 1.807) is 0 Å². The number of hydrogen-bond donors (Lipinski definition) is 0. The lowest BCUT2D eigenvalue weighted by Gasteiger charge is -2.31. The maximum absolute atomic E-state index is 5.85. The number of hydrogen-bond acceptors (Lipinski definition) is 3. The molecule has 74 valence electrons. The van der Waals surface area contributed by atoms with E-state index in [-0.39, 0.29) is 11.9 Å². The monoisotopic (exact) mass is 184 g/mol. The summed E-state index contributed by atoms with van der Waals surface area (Å²) < 4.78 is 16.8. The van der Waals surface area contributed by atoms with E-state index < -0.39 is 0 Å². The van der Waals surface area contributed by atoms with Crippen LogP contribution in [0.4, 0.5) is 0 Å². The highest BCUT2D eigenvalue weighted by molar-refractivity contribution is 4.81. The maximum Gasteiger partial charge on any atom is 0.173 e. The largest absolute Gasteiger partial charge is 0.381 e. The van der Waals surface area contributed by atoms with Gasteiger partial charge in [-0.3, -0.25) is 0 Å². The van der Waals surface area contributed by atoms with Gasteiger partial charge < -0.3 is 14.2 Å². The summed E-state index contributed by atoms with van der Waals surface area (Å²) in [5.74, 6) is -0.335. The van der Waals surface area contributed by atoms with E-state index in [0.29, 0.717) is 13.0 Å². The fourth-order valence-corrected chi connectivity index (χ4v) is 1.89. The van der Waals surface area contributed by atoms with Crippen LogP contribution in [0.15, 0.2) is 0 Å². The summed E-state index contributed by atoms with van der Waals surface area (Å²) in [5.41, 5.74) is 0. The lowest BCUT2D eigenvalue weighted by Crippen LogP contribution is -2.37. The minimum absolute atomic E-state index is 0.197. The molecular weight excluding hydrogens is 168 g/mol. The van der Waals surface area contributed by atoms with E-state index in [4.69, 9.17) is 21.1 Å². The second-order valence-electron chi connectivity index (χ2n) is 3.65. The minimum atomic E-state index is -0.335. The van der Waals surface area contributed by atoms with E-state index >= 15 is 0 Å².